The summed E-state index contributed by atoms with van der Waals surface area (Å²) in [5.41, 5.74) is 0. The van der Waals surface area contributed by atoms with Crippen LogP contribution in [0.15, 0.2) is 0 Å². The lowest BCUT2D eigenvalue weighted by atomic mass is 10.1. The smallest absolute Gasteiger partial charge is 0.0171 e. The topological polar surface area (TPSA) is 0 Å². The Morgan fingerprint density at radius 2 is 1.89 bits per heavy atom. The molecule has 0 unspecified atom stereocenters. The minimum absolute atomic E-state index is 0.826. The van der Waals surface area contributed by atoms with Crippen LogP contribution in [0.2, 0.25) is 0 Å². The number of hydrogen-bond donors (Lipinski definition) is 0. The molecule has 0 N–H and O–H groups in total. The highest BCUT2D eigenvalue weighted by Crippen LogP contribution is 2.30. The first-order valence-corrected chi connectivity index (χ1v) is 6.04. The van der Waals surface area contributed by atoms with Crippen LogP contribution in [0.25, 0.3) is 0 Å². The summed E-state index contributed by atoms with van der Waals surface area (Å²) in [6.45, 7) is 6.84. The maximum absolute atomic E-state index is 2.29. The molecule has 0 saturated carbocycles. The second-order valence-corrected chi connectivity index (χ2v) is 5.16. The zero-order chi connectivity index (χ0) is 7.28. The maximum atomic E-state index is 2.29. The van der Waals surface area contributed by atoms with E-state index in [-0.39, 0.29) is 0 Å². The van der Waals surface area contributed by atoms with Gasteiger partial charge >= 0.3 is 0 Å². The summed E-state index contributed by atoms with van der Waals surface area (Å²) in [5.74, 6) is 0.826. The molecular formula is C7H16S2. The molecular weight excluding hydrogens is 148 g/mol. The summed E-state index contributed by atoms with van der Waals surface area (Å²) >= 11 is 0. The molecule has 0 fully saturated rings. The van der Waals surface area contributed by atoms with Crippen LogP contribution < -0.4 is 0 Å². The average molecular weight is 164 g/mol. The van der Waals surface area contributed by atoms with Crippen LogP contribution in [0, 0.1) is 5.92 Å². The van der Waals surface area contributed by atoms with Gasteiger partial charge < -0.3 is 0 Å². The fourth-order valence-corrected chi connectivity index (χ4v) is 3.20. The quantitative estimate of drug-likeness (QED) is 0.584. The van der Waals surface area contributed by atoms with Crippen LogP contribution >= 0.6 is 21.6 Å². The molecule has 56 valence electrons. The summed E-state index contributed by atoms with van der Waals surface area (Å²) in [7, 11) is 3.88. The molecule has 0 rings (SSSR count). The van der Waals surface area contributed by atoms with Crippen molar-refractivity contribution in [2.24, 2.45) is 5.92 Å². The monoisotopic (exact) mass is 164 g/mol. The predicted octanol–water partition coefficient (Wildman–Crippen LogP) is 3.43. The summed E-state index contributed by atoms with van der Waals surface area (Å²) in [4.78, 5) is 0. The van der Waals surface area contributed by atoms with Gasteiger partial charge in [0.25, 0.3) is 0 Å². The van der Waals surface area contributed by atoms with Crippen LogP contribution in [0.1, 0.15) is 27.2 Å². The van der Waals surface area contributed by atoms with E-state index in [4.69, 9.17) is 0 Å². The van der Waals surface area contributed by atoms with E-state index in [1.165, 1.54) is 6.42 Å². The molecule has 0 radical (unpaired) electrons. The summed E-state index contributed by atoms with van der Waals surface area (Å²) in [5, 5.41) is 0.847. The van der Waals surface area contributed by atoms with Gasteiger partial charge in [-0.05, 0) is 18.6 Å². The van der Waals surface area contributed by atoms with Gasteiger partial charge in [0.15, 0.2) is 0 Å². The van der Waals surface area contributed by atoms with Gasteiger partial charge in [-0.1, -0.05) is 42.4 Å². The molecule has 0 aromatic heterocycles. The lowest BCUT2D eigenvalue weighted by Gasteiger charge is -2.15. The Morgan fingerprint density at radius 3 is 2.00 bits per heavy atom. The van der Waals surface area contributed by atoms with Gasteiger partial charge in [0, 0.05) is 5.25 Å². The third-order valence-electron chi connectivity index (χ3n) is 1.37. The molecule has 0 aliphatic rings. The lowest BCUT2D eigenvalue weighted by molar-refractivity contribution is 0.596. The van der Waals surface area contributed by atoms with E-state index in [1.807, 2.05) is 21.6 Å². The molecule has 0 heterocycles. The largest absolute Gasteiger partial charge is 0.0973 e. The molecule has 0 aromatic rings. The average Bonchev–Trinajstić information content (AvgIpc) is 1.82. The Labute approximate surface area is 66.6 Å². The van der Waals surface area contributed by atoms with Crippen molar-refractivity contribution in [1.29, 1.82) is 0 Å². The van der Waals surface area contributed by atoms with Crippen molar-refractivity contribution in [2.75, 3.05) is 6.26 Å². The first kappa shape index (κ1) is 9.70. The van der Waals surface area contributed by atoms with E-state index in [0.717, 1.165) is 11.2 Å². The van der Waals surface area contributed by atoms with Crippen LogP contribution in [0.3, 0.4) is 0 Å². The minimum Gasteiger partial charge on any atom is -0.0973 e. The van der Waals surface area contributed by atoms with Crippen molar-refractivity contribution >= 4 is 21.6 Å². The van der Waals surface area contributed by atoms with Gasteiger partial charge in [-0.25, -0.2) is 0 Å². The maximum Gasteiger partial charge on any atom is 0.0171 e. The first-order valence-electron chi connectivity index (χ1n) is 3.41. The fourth-order valence-electron chi connectivity index (χ4n) is 0.774. The molecule has 1 atom stereocenters. The minimum atomic E-state index is 0.826. The number of rotatable bonds is 4. The first-order chi connectivity index (χ1) is 4.22. The third kappa shape index (κ3) is 4.15. The van der Waals surface area contributed by atoms with Crippen LogP contribution in [0.4, 0.5) is 0 Å². The van der Waals surface area contributed by atoms with E-state index in [0.29, 0.717) is 0 Å². The molecule has 9 heavy (non-hydrogen) atoms. The Balaban J connectivity index is 3.41. The van der Waals surface area contributed by atoms with E-state index < -0.39 is 0 Å². The highest BCUT2D eigenvalue weighted by Gasteiger charge is 2.09. The van der Waals surface area contributed by atoms with Gasteiger partial charge in [0.1, 0.15) is 0 Å². The van der Waals surface area contributed by atoms with Crippen LogP contribution in [-0.2, 0) is 0 Å². The molecule has 0 aliphatic heterocycles. The predicted molar refractivity (Wildman–Crippen MR) is 50.0 cm³/mol. The Kier molecular flexibility index (Phi) is 5.91. The van der Waals surface area contributed by atoms with E-state index >= 15 is 0 Å². The van der Waals surface area contributed by atoms with Gasteiger partial charge in [-0.3, -0.25) is 0 Å². The zero-order valence-corrected chi connectivity index (χ0v) is 8.31. The lowest BCUT2D eigenvalue weighted by Crippen LogP contribution is -2.07. The van der Waals surface area contributed by atoms with Gasteiger partial charge in [0.2, 0.25) is 0 Å². The van der Waals surface area contributed by atoms with E-state index in [9.17, 15) is 0 Å². The van der Waals surface area contributed by atoms with E-state index in [1.54, 1.807) is 0 Å². The molecule has 0 spiro atoms. The van der Waals surface area contributed by atoms with Crippen molar-refractivity contribution in [1.82, 2.24) is 0 Å². The van der Waals surface area contributed by atoms with Crippen molar-refractivity contribution in [2.45, 2.75) is 32.4 Å². The third-order valence-corrected chi connectivity index (χ3v) is 4.00. The summed E-state index contributed by atoms with van der Waals surface area (Å²) in [6, 6.07) is 0. The van der Waals surface area contributed by atoms with Crippen LogP contribution in [-0.4, -0.2) is 11.5 Å². The van der Waals surface area contributed by atoms with Crippen molar-refractivity contribution in [3.63, 3.8) is 0 Å². The van der Waals surface area contributed by atoms with Crippen molar-refractivity contribution in [3.8, 4) is 0 Å². The Morgan fingerprint density at radius 1 is 1.33 bits per heavy atom. The molecule has 0 nitrogen and oxygen atoms in total. The van der Waals surface area contributed by atoms with Gasteiger partial charge in [-0.15, -0.1) is 0 Å². The van der Waals surface area contributed by atoms with Gasteiger partial charge in [0.05, 0.1) is 0 Å². The van der Waals surface area contributed by atoms with Crippen molar-refractivity contribution < 1.29 is 0 Å². The molecule has 0 saturated heterocycles. The Hall–Kier alpha value is 0.700. The molecule has 0 amide bonds. The SMILES string of the molecule is CC[C@H](SSC)C(C)C. The second-order valence-electron chi connectivity index (χ2n) is 2.45. The zero-order valence-electron chi connectivity index (χ0n) is 6.68. The molecule has 2 heteroatoms. The Bertz CT molecular complexity index is 61.9. The second kappa shape index (κ2) is 5.48. The summed E-state index contributed by atoms with van der Waals surface area (Å²) in [6.07, 6.45) is 3.44. The highest BCUT2D eigenvalue weighted by molar-refractivity contribution is 8.76. The van der Waals surface area contributed by atoms with E-state index in [2.05, 4.69) is 27.0 Å². The molecule has 0 aromatic carbocycles. The van der Waals surface area contributed by atoms with Gasteiger partial charge in [-0.2, -0.15) is 0 Å². The van der Waals surface area contributed by atoms with Crippen molar-refractivity contribution in [3.05, 3.63) is 0 Å². The summed E-state index contributed by atoms with van der Waals surface area (Å²) < 4.78 is 0. The molecule has 0 bridgehead atoms. The normalized spacial score (nSPS) is 14.3. The highest BCUT2D eigenvalue weighted by atomic mass is 33.1. The molecule has 0 aliphatic carbocycles. The fraction of sp³-hybridized carbons (Fsp3) is 1.00. The standard InChI is InChI=1S/C7H16S2/c1-5-7(6(2)3)9-8-4/h6-7H,5H2,1-4H3/t7-/m0/s1. The van der Waals surface area contributed by atoms with Crippen LogP contribution in [0.5, 0.6) is 0 Å². The number of hydrogen-bond acceptors (Lipinski definition) is 2.